The molecule has 0 saturated carbocycles. The maximum Gasteiger partial charge on any atom is 0.262 e. The number of hydrogen-bond donors (Lipinski definition) is 1. The number of thiophene rings is 1. The normalized spacial score (nSPS) is 16.8. The second kappa shape index (κ2) is 8.14. The van der Waals surface area contributed by atoms with Crippen molar-refractivity contribution in [1.82, 2.24) is 10.2 Å². The van der Waals surface area contributed by atoms with E-state index in [0.29, 0.717) is 12.6 Å². The minimum Gasteiger partial charge on any atom is -0.369 e. The van der Waals surface area contributed by atoms with E-state index < -0.39 is 0 Å². The minimum absolute atomic E-state index is 0.00615. The first-order valence-corrected chi connectivity index (χ1v) is 9.87. The van der Waals surface area contributed by atoms with Crippen LogP contribution in [0.15, 0.2) is 46.3 Å². The molecule has 1 aliphatic rings. The fourth-order valence-electron chi connectivity index (χ4n) is 2.97. The van der Waals surface area contributed by atoms with Crippen molar-refractivity contribution in [3.8, 4) is 0 Å². The SMILES string of the molecule is CC(CNC(=O)c1sccc1Br)N1CCN(c2ccccc2)CC1. The number of anilines is 1. The number of nitrogens with zero attached hydrogens (tertiary/aromatic N) is 2. The van der Waals surface area contributed by atoms with Crippen molar-refractivity contribution in [2.45, 2.75) is 13.0 Å². The van der Waals surface area contributed by atoms with Crippen molar-refractivity contribution in [2.24, 2.45) is 0 Å². The molecule has 1 atom stereocenters. The van der Waals surface area contributed by atoms with E-state index in [9.17, 15) is 4.79 Å². The monoisotopic (exact) mass is 407 g/mol. The molecule has 0 aliphatic carbocycles. The quantitative estimate of drug-likeness (QED) is 0.823. The maximum atomic E-state index is 12.2. The molecule has 1 N–H and O–H groups in total. The first kappa shape index (κ1) is 17.5. The Morgan fingerprint density at radius 2 is 1.92 bits per heavy atom. The zero-order valence-electron chi connectivity index (χ0n) is 13.7. The summed E-state index contributed by atoms with van der Waals surface area (Å²) in [6.07, 6.45) is 0. The fraction of sp³-hybridized carbons (Fsp3) is 0.389. The molecule has 4 nitrogen and oxygen atoms in total. The van der Waals surface area contributed by atoms with Gasteiger partial charge in [-0.2, -0.15) is 0 Å². The standard InChI is InChI=1S/C18H22BrN3OS/c1-14(13-20-18(23)17-16(19)7-12-24-17)21-8-10-22(11-9-21)15-5-3-2-4-6-15/h2-7,12,14H,8-11,13H2,1H3,(H,20,23). The lowest BCUT2D eigenvalue weighted by molar-refractivity contribution is 0.0937. The Labute approximate surface area is 155 Å². The number of para-hydroxylation sites is 1. The Morgan fingerprint density at radius 3 is 2.54 bits per heavy atom. The number of nitrogens with one attached hydrogen (secondary N) is 1. The van der Waals surface area contributed by atoms with Crippen LogP contribution in [0, 0.1) is 0 Å². The van der Waals surface area contributed by atoms with Gasteiger partial charge >= 0.3 is 0 Å². The van der Waals surface area contributed by atoms with Gasteiger partial charge < -0.3 is 10.2 Å². The van der Waals surface area contributed by atoms with Crippen LogP contribution in [0.25, 0.3) is 0 Å². The van der Waals surface area contributed by atoms with Crippen LogP contribution >= 0.6 is 27.3 Å². The molecule has 2 heterocycles. The molecule has 1 aromatic heterocycles. The summed E-state index contributed by atoms with van der Waals surface area (Å²) in [6.45, 7) is 6.96. The van der Waals surface area contributed by atoms with Gasteiger partial charge in [0.2, 0.25) is 0 Å². The number of rotatable bonds is 5. The summed E-state index contributed by atoms with van der Waals surface area (Å²) < 4.78 is 0.870. The van der Waals surface area contributed by atoms with E-state index in [4.69, 9.17) is 0 Å². The summed E-state index contributed by atoms with van der Waals surface area (Å²) in [5.41, 5.74) is 1.29. The largest absolute Gasteiger partial charge is 0.369 e. The van der Waals surface area contributed by atoms with E-state index in [0.717, 1.165) is 35.5 Å². The Hall–Kier alpha value is -1.37. The number of benzene rings is 1. The molecule has 1 saturated heterocycles. The van der Waals surface area contributed by atoms with Crippen LogP contribution < -0.4 is 10.2 Å². The molecule has 0 radical (unpaired) electrons. The fourth-order valence-corrected chi connectivity index (χ4v) is 4.43. The average molecular weight is 408 g/mol. The van der Waals surface area contributed by atoms with Gasteiger partial charge in [-0.15, -0.1) is 11.3 Å². The molecule has 1 aliphatic heterocycles. The summed E-state index contributed by atoms with van der Waals surface area (Å²) >= 11 is 4.88. The Balaban J connectivity index is 1.46. The lowest BCUT2D eigenvalue weighted by atomic mass is 10.2. The predicted octanol–water partition coefficient (Wildman–Crippen LogP) is 3.45. The second-order valence-electron chi connectivity index (χ2n) is 6.02. The Kier molecular flexibility index (Phi) is 5.92. The van der Waals surface area contributed by atoms with Crippen LogP contribution in [-0.2, 0) is 0 Å². The molecule has 3 rings (SSSR count). The molecule has 128 valence electrons. The van der Waals surface area contributed by atoms with E-state index in [1.807, 2.05) is 11.4 Å². The molecule has 1 unspecified atom stereocenters. The Morgan fingerprint density at radius 1 is 1.21 bits per heavy atom. The molecule has 2 aromatic rings. The third-order valence-electron chi connectivity index (χ3n) is 4.44. The Bertz CT molecular complexity index is 668. The van der Waals surface area contributed by atoms with E-state index in [1.165, 1.54) is 17.0 Å². The highest BCUT2D eigenvalue weighted by Gasteiger charge is 2.22. The lowest BCUT2D eigenvalue weighted by Gasteiger charge is -2.39. The zero-order valence-corrected chi connectivity index (χ0v) is 16.1. The van der Waals surface area contributed by atoms with Crippen molar-refractivity contribution in [1.29, 1.82) is 0 Å². The van der Waals surface area contributed by atoms with Gasteiger partial charge in [-0.25, -0.2) is 0 Å². The van der Waals surface area contributed by atoms with Crippen LogP contribution in [-0.4, -0.2) is 49.6 Å². The van der Waals surface area contributed by atoms with Gasteiger partial charge in [0.05, 0.1) is 0 Å². The zero-order chi connectivity index (χ0) is 16.9. The molecule has 0 spiro atoms. The van der Waals surface area contributed by atoms with Gasteiger partial charge in [0.1, 0.15) is 4.88 Å². The summed E-state index contributed by atoms with van der Waals surface area (Å²) in [7, 11) is 0. The highest BCUT2D eigenvalue weighted by atomic mass is 79.9. The second-order valence-corrected chi connectivity index (χ2v) is 7.79. The van der Waals surface area contributed by atoms with Crippen LogP contribution in [0.5, 0.6) is 0 Å². The van der Waals surface area contributed by atoms with E-state index in [2.05, 4.69) is 68.3 Å². The van der Waals surface area contributed by atoms with Gasteiger partial charge in [-0.1, -0.05) is 18.2 Å². The van der Waals surface area contributed by atoms with Gasteiger partial charge in [0, 0.05) is 48.9 Å². The number of carbonyl (C=O) groups is 1. The summed E-state index contributed by atoms with van der Waals surface area (Å²) in [6, 6.07) is 12.8. The number of carbonyl (C=O) groups excluding carboxylic acids is 1. The van der Waals surface area contributed by atoms with Gasteiger partial charge in [0.25, 0.3) is 5.91 Å². The molecule has 1 amide bonds. The summed E-state index contributed by atoms with van der Waals surface area (Å²) in [5.74, 6) is 0.00615. The molecule has 6 heteroatoms. The number of piperazine rings is 1. The van der Waals surface area contributed by atoms with Gasteiger partial charge in [0.15, 0.2) is 0 Å². The van der Waals surface area contributed by atoms with E-state index in [-0.39, 0.29) is 5.91 Å². The third kappa shape index (κ3) is 4.18. The molecule has 1 aromatic carbocycles. The highest BCUT2D eigenvalue weighted by molar-refractivity contribution is 9.10. The molecule has 1 fully saturated rings. The van der Waals surface area contributed by atoms with Crippen molar-refractivity contribution in [2.75, 3.05) is 37.6 Å². The summed E-state index contributed by atoms with van der Waals surface area (Å²) in [4.78, 5) is 17.8. The lowest BCUT2D eigenvalue weighted by Crippen LogP contribution is -2.52. The topological polar surface area (TPSA) is 35.6 Å². The van der Waals surface area contributed by atoms with Crippen LogP contribution in [0.3, 0.4) is 0 Å². The average Bonchev–Trinajstić information content (AvgIpc) is 3.06. The first-order chi connectivity index (χ1) is 11.6. The van der Waals surface area contributed by atoms with Crippen LogP contribution in [0.1, 0.15) is 16.6 Å². The third-order valence-corrected chi connectivity index (χ3v) is 6.28. The van der Waals surface area contributed by atoms with Crippen molar-refractivity contribution in [3.63, 3.8) is 0 Å². The van der Waals surface area contributed by atoms with Crippen molar-refractivity contribution < 1.29 is 4.79 Å². The van der Waals surface area contributed by atoms with Crippen molar-refractivity contribution in [3.05, 3.63) is 51.1 Å². The smallest absolute Gasteiger partial charge is 0.262 e. The first-order valence-electron chi connectivity index (χ1n) is 8.20. The number of amides is 1. The number of halogens is 1. The molecule has 0 bridgehead atoms. The van der Waals surface area contributed by atoms with E-state index in [1.54, 1.807) is 0 Å². The van der Waals surface area contributed by atoms with Crippen LogP contribution in [0.4, 0.5) is 5.69 Å². The number of hydrogen-bond acceptors (Lipinski definition) is 4. The van der Waals surface area contributed by atoms with Crippen molar-refractivity contribution >= 4 is 38.9 Å². The van der Waals surface area contributed by atoms with Crippen LogP contribution in [0.2, 0.25) is 0 Å². The minimum atomic E-state index is 0.00615. The molecule has 24 heavy (non-hydrogen) atoms. The van der Waals surface area contributed by atoms with Gasteiger partial charge in [-0.3, -0.25) is 9.69 Å². The summed E-state index contributed by atoms with van der Waals surface area (Å²) in [5, 5.41) is 4.97. The van der Waals surface area contributed by atoms with E-state index >= 15 is 0 Å². The highest BCUT2D eigenvalue weighted by Crippen LogP contribution is 2.22. The maximum absolute atomic E-state index is 12.2. The predicted molar refractivity (Wildman–Crippen MR) is 104 cm³/mol. The molecular weight excluding hydrogens is 386 g/mol. The molecular formula is C18H22BrN3OS. The van der Waals surface area contributed by atoms with Gasteiger partial charge in [-0.05, 0) is 46.4 Å².